The van der Waals surface area contributed by atoms with Crippen molar-refractivity contribution in [3.8, 4) is 0 Å². The molecule has 2 unspecified atom stereocenters. The third kappa shape index (κ3) is 8.38. The van der Waals surface area contributed by atoms with Crippen LogP contribution in [0.5, 0.6) is 0 Å². The van der Waals surface area contributed by atoms with E-state index < -0.39 is 25.3 Å². The van der Waals surface area contributed by atoms with Gasteiger partial charge in [0.1, 0.15) is 0 Å². The quantitative estimate of drug-likeness (QED) is 0.274. The van der Waals surface area contributed by atoms with E-state index in [0.29, 0.717) is 0 Å². The average Bonchev–Trinajstić information content (AvgIpc) is 3.07. The molecule has 174 valence electrons. The number of hydrogen-bond acceptors (Lipinski definition) is 0. The van der Waals surface area contributed by atoms with Crippen molar-refractivity contribution in [2.45, 2.75) is 73.0 Å². The first-order valence-corrected chi connectivity index (χ1v) is 18.6. The number of aryl methyl sites for hydroxylation is 1. The summed E-state index contributed by atoms with van der Waals surface area (Å²) in [5.74, 6) is 2.42. The van der Waals surface area contributed by atoms with Crippen LogP contribution in [0.3, 0.4) is 0 Å². The molecule has 31 heavy (non-hydrogen) atoms. The van der Waals surface area contributed by atoms with Gasteiger partial charge in [0.2, 0.25) is 0 Å². The van der Waals surface area contributed by atoms with E-state index in [1.165, 1.54) is 36.6 Å². The summed E-state index contributed by atoms with van der Waals surface area (Å²) in [5, 5.41) is 0. The van der Waals surface area contributed by atoms with E-state index in [1.54, 1.807) is 11.1 Å². The molecule has 0 radical (unpaired) electrons. The van der Waals surface area contributed by atoms with Gasteiger partial charge in [0.25, 0.3) is 0 Å². The topological polar surface area (TPSA) is 14.1 Å². The minimum absolute atomic E-state index is 0. The fourth-order valence-corrected chi connectivity index (χ4v) is 7.26. The van der Waals surface area contributed by atoms with Gasteiger partial charge in [0.05, 0.1) is 0 Å². The molecule has 0 heterocycles. The van der Waals surface area contributed by atoms with Gasteiger partial charge in [-0.2, -0.15) is 0 Å². The number of allylic oxidation sites excluding steroid dienone is 4. The summed E-state index contributed by atoms with van der Waals surface area (Å²) in [6.45, 7) is 16.5. The first-order valence-electron chi connectivity index (χ1n) is 11.2. The van der Waals surface area contributed by atoms with Crippen LogP contribution >= 0.6 is 18.6 Å². The molecule has 5 heteroatoms. The zero-order valence-corrected chi connectivity index (χ0v) is 24.8. The molecule has 1 aromatic rings. The molecule has 0 N–H and O–H groups in total. The van der Waals surface area contributed by atoms with Gasteiger partial charge in [0, 0.05) is 0 Å². The Morgan fingerprint density at radius 1 is 1.13 bits per heavy atom. The zero-order valence-electron chi connectivity index (χ0n) is 20.7. The molecule has 0 bridgehead atoms. The third-order valence-corrected chi connectivity index (χ3v) is 8.66. The van der Waals surface area contributed by atoms with Crippen LogP contribution in [0.15, 0.2) is 47.6 Å². The summed E-state index contributed by atoms with van der Waals surface area (Å²) in [7, 11) is 8.06. The average molecular weight is 514 g/mol. The molecule has 2 aliphatic carbocycles. The van der Waals surface area contributed by atoms with Crippen molar-refractivity contribution < 1.29 is 17.0 Å². The van der Waals surface area contributed by atoms with E-state index in [0.717, 1.165) is 17.8 Å². The van der Waals surface area contributed by atoms with Crippen LogP contribution in [0.1, 0.15) is 52.5 Å². The molecule has 1 aromatic carbocycles. The van der Waals surface area contributed by atoms with Crippen LogP contribution in [-0.2, 0) is 17.0 Å². The molecule has 2 aliphatic rings. The van der Waals surface area contributed by atoms with Crippen LogP contribution in [0.4, 0.5) is 5.69 Å². The van der Waals surface area contributed by atoms with Crippen molar-refractivity contribution in [2.24, 2.45) is 23.2 Å². The molecule has 1 saturated carbocycles. The number of benzene rings is 1. The first kappa shape index (κ1) is 29.0. The van der Waals surface area contributed by atoms with Gasteiger partial charge in [-0.05, 0) is 56.7 Å². The third-order valence-electron chi connectivity index (χ3n) is 6.54. The fraction of sp³-hybridized carbons (Fsp3) is 0.577. The summed E-state index contributed by atoms with van der Waals surface area (Å²) in [5.41, 5.74) is 6.00. The number of hydrogen-bond donors (Lipinski definition) is 0. The summed E-state index contributed by atoms with van der Waals surface area (Å²) in [4.78, 5) is 5.30. The SMILES string of the molecule is CC[C@H]1CC2C=C(C(C)(C)C)C=C(C[Si](C)(C)[N-]c3ccccc3C)C2C1.[CH3-].[Cl][Ti][Cl]. The summed E-state index contributed by atoms with van der Waals surface area (Å²) in [6.07, 6.45) is 9.29. The van der Waals surface area contributed by atoms with E-state index >= 15 is 0 Å². The molecule has 0 spiro atoms. The molecular weight excluding hydrogens is 473 g/mol. The first-order chi connectivity index (χ1) is 14.0. The van der Waals surface area contributed by atoms with Crippen LogP contribution in [0.25, 0.3) is 4.98 Å². The fourth-order valence-electron chi connectivity index (χ4n) is 4.91. The van der Waals surface area contributed by atoms with Crippen molar-refractivity contribution in [1.82, 2.24) is 0 Å². The van der Waals surface area contributed by atoms with Crippen molar-refractivity contribution >= 4 is 32.5 Å². The second kappa shape index (κ2) is 12.5. The van der Waals surface area contributed by atoms with Crippen LogP contribution < -0.4 is 0 Å². The van der Waals surface area contributed by atoms with E-state index in [4.69, 9.17) is 23.6 Å². The van der Waals surface area contributed by atoms with Crippen LogP contribution in [-0.4, -0.2) is 8.24 Å². The van der Waals surface area contributed by atoms with Gasteiger partial charge in [0.15, 0.2) is 0 Å². The Morgan fingerprint density at radius 3 is 2.29 bits per heavy atom. The zero-order chi connectivity index (χ0) is 22.5. The maximum atomic E-state index is 5.30. The predicted octanol–water partition coefficient (Wildman–Crippen LogP) is 10.00. The Morgan fingerprint density at radius 2 is 1.74 bits per heavy atom. The Bertz CT molecular complexity index is 767. The van der Waals surface area contributed by atoms with E-state index in [9.17, 15) is 0 Å². The standard InChI is InChI=1S/C25H38NSi.CH3.2ClH.Ti/c1-8-19-13-20-15-22(25(3,4)5)16-21(23(20)14-19)17-27(6,7)26-24-12-10-9-11-18(24)2;;;;/h9-12,15-16,19-20,23H,8,13-14,17H2,1-7H3;1H3;2*1H;/q2*-1;;;+2/p-2/t19-,20?,23?;;;;/m0..../s1. The Hall–Kier alpha value is 0.0112. The van der Waals surface area contributed by atoms with Crippen LogP contribution in [0.2, 0.25) is 19.1 Å². The Balaban J connectivity index is 0.00000113. The van der Waals surface area contributed by atoms with Crippen molar-refractivity contribution in [3.63, 3.8) is 0 Å². The molecule has 0 saturated heterocycles. The summed E-state index contributed by atoms with van der Waals surface area (Å²) in [6, 6.07) is 9.80. The van der Waals surface area contributed by atoms with Crippen molar-refractivity contribution in [1.29, 1.82) is 0 Å². The van der Waals surface area contributed by atoms with Crippen molar-refractivity contribution in [3.05, 3.63) is 65.5 Å². The molecule has 1 nitrogen and oxygen atoms in total. The minimum atomic E-state index is -1.71. The molecule has 1 fully saturated rings. The predicted molar refractivity (Wildman–Crippen MR) is 140 cm³/mol. The number of nitrogens with zero attached hydrogens (tertiary/aromatic N) is 1. The summed E-state index contributed by atoms with van der Waals surface area (Å²) >= 11 is -0.556. The molecule has 0 amide bonds. The van der Waals surface area contributed by atoms with Crippen molar-refractivity contribution in [2.75, 3.05) is 0 Å². The molecule has 0 aromatic heterocycles. The van der Waals surface area contributed by atoms with E-state index in [1.807, 2.05) is 0 Å². The summed E-state index contributed by atoms with van der Waals surface area (Å²) < 4.78 is 0. The van der Waals surface area contributed by atoms with Crippen LogP contribution in [0, 0.1) is 37.5 Å². The van der Waals surface area contributed by atoms with Gasteiger partial charge in [-0.15, -0.1) is 5.69 Å². The second-order valence-electron chi connectivity index (χ2n) is 10.6. The molecule has 3 atom stereocenters. The maximum absolute atomic E-state index is 5.30. The van der Waals surface area contributed by atoms with Gasteiger partial charge in [-0.25, -0.2) is 0 Å². The second-order valence-corrected chi connectivity index (χ2v) is 17.3. The Kier molecular flexibility index (Phi) is 11.7. The van der Waals surface area contributed by atoms with Gasteiger partial charge < -0.3 is 12.4 Å². The van der Waals surface area contributed by atoms with Gasteiger partial charge in [-0.3, -0.25) is 0 Å². The van der Waals surface area contributed by atoms with Gasteiger partial charge >= 0.3 is 35.6 Å². The molecule has 3 rings (SSSR count). The monoisotopic (exact) mass is 513 g/mol. The molecule has 0 aliphatic heterocycles. The van der Waals surface area contributed by atoms with Gasteiger partial charge in [-0.1, -0.05) is 101 Å². The molecular formula is C26H41Cl2NSiTi-2. The van der Waals surface area contributed by atoms with E-state index in [-0.39, 0.29) is 12.8 Å². The van der Waals surface area contributed by atoms with E-state index in [2.05, 4.69) is 84.1 Å². The Labute approximate surface area is 210 Å². The normalized spacial score (nSPS) is 22.8. The number of rotatable bonds is 5. The number of fused-ring (bicyclic) bond motifs is 1. The number of halogens is 2.